The van der Waals surface area contributed by atoms with Gasteiger partial charge in [0.15, 0.2) is 5.82 Å². The van der Waals surface area contributed by atoms with E-state index < -0.39 is 10.0 Å². The van der Waals surface area contributed by atoms with Gasteiger partial charge >= 0.3 is 0 Å². The molecule has 0 atom stereocenters. The van der Waals surface area contributed by atoms with E-state index in [-0.39, 0.29) is 11.4 Å². The largest absolute Gasteiger partial charge is 0.278 e. The Kier molecular flexibility index (Phi) is 3.84. The highest BCUT2D eigenvalue weighted by Crippen LogP contribution is 2.18. The predicted molar refractivity (Wildman–Crippen MR) is 81.8 cm³/mol. The summed E-state index contributed by atoms with van der Waals surface area (Å²) in [6.07, 6.45) is 6.01. The molecule has 112 valence electrons. The lowest BCUT2D eigenvalue weighted by molar-refractivity contribution is 0.600. The zero-order chi connectivity index (χ0) is 15.4. The third-order valence-corrected chi connectivity index (χ3v) is 4.12. The van der Waals surface area contributed by atoms with Gasteiger partial charge in [0, 0.05) is 12.4 Å². The standard InChI is InChI=1S/C14H13N5O2S/c20-22(21,10-12-5-2-1-3-6-12)18-13-9-15-11-16-14(13)19-8-4-7-17-19/h1-9,11,18H,10H2. The smallest absolute Gasteiger partial charge is 0.237 e. The molecule has 3 rings (SSSR count). The maximum absolute atomic E-state index is 12.3. The van der Waals surface area contributed by atoms with Gasteiger partial charge in [-0.1, -0.05) is 30.3 Å². The van der Waals surface area contributed by atoms with E-state index in [2.05, 4.69) is 19.8 Å². The van der Waals surface area contributed by atoms with E-state index in [1.807, 2.05) is 6.07 Å². The monoisotopic (exact) mass is 315 g/mol. The van der Waals surface area contributed by atoms with Crippen LogP contribution >= 0.6 is 0 Å². The van der Waals surface area contributed by atoms with Crippen LogP contribution < -0.4 is 4.72 Å². The molecule has 0 aliphatic carbocycles. The molecule has 0 saturated carbocycles. The van der Waals surface area contributed by atoms with E-state index in [0.717, 1.165) is 0 Å². The molecule has 0 fully saturated rings. The lowest BCUT2D eigenvalue weighted by Crippen LogP contribution is -2.17. The molecule has 3 aromatic rings. The zero-order valence-corrected chi connectivity index (χ0v) is 12.3. The van der Waals surface area contributed by atoms with Gasteiger partial charge in [0.2, 0.25) is 10.0 Å². The van der Waals surface area contributed by atoms with Crippen LogP contribution in [0.4, 0.5) is 5.69 Å². The van der Waals surface area contributed by atoms with Crippen LogP contribution in [0.2, 0.25) is 0 Å². The first kappa shape index (κ1) is 14.2. The van der Waals surface area contributed by atoms with E-state index in [4.69, 9.17) is 0 Å². The number of sulfonamides is 1. The molecular formula is C14H13N5O2S. The van der Waals surface area contributed by atoms with Crippen molar-refractivity contribution in [2.24, 2.45) is 0 Å². The molecule has 2 heterocycles. The first-order valence-electron chi connectivity index (χ1n) is 6.48. The fraction of sp³-hybridized carbons (Fsp3) is 0.0714. The number of nitrogens with one attached hydrogen (secondary N) is 1. The van der Waals surface area contributed by atoms with Crippen molar-refractivity contribution in [3.05, 3.63) is 66.9 Å². The Morgan fingerprint density at radius 1 is 1.14 bits per heavy atom. The minimum absolute atomic E-state index is 0.124. The van der Waals surface area contributed by atoms with Crippen LogP contribution in [-0.2, 0) is 15.8 Å². The normalized spacial score (nSPS) is 11.3. The maximum atomic E-state index is 12.3. The molecule has 1 aromatic carbocycles. The molecule has 0 aliphatic rings. The number of hydrogen-bond donors (Lipinski definition) is 1. The molecule has 7 nitrogen and oxygen atoms in total. The summed E-state index contributed by atoms with van der Waals surface area (Å²) in [6, 6.07) is 10.7. The number of anilines is 1. The second-order valence-electron chi connectivity index (χ2n) is 4.56. The highest BCUT2D eigenvalue weighted by molar-refractivity contribution is 7.91. The number of hydrogen-bond acceptors (Lipinski definition) is 5. The lowest BCUT2D eigenvalue weighted by atomic mass is 10.2. The molecule has 2 aromatic heterocycles. The molecule has 22 heavy (non-hydrogen) atoms. The number of nitrogens with zero attached hydrogens (tertiary/aromatic N) is 4. The van der Waals surface area contributed by atoms with Crippen molar-refractivity contribution in [1.82, 2.24) is 19.7 Å². The minimum Gasteiger partial charge on any atom is -0.278 e. The van der Waals surface area contributed by atoms with Crippen LogP contribution in [0.25, 0.3) is 5.82 Å². The van der Waals surface area contributed by atoms with Crippen LogP contribution in [0.15, 0.2) is 61.3 Å². The second kappa shape index (κ2) is 5.94. The quantitative estimate of drug-likeness (QED) is 0.772. The molecule has 0 aliphatic heterocycles. The van der Waals surface area contributed by atoms with Gasteiger partial charge in [-0.3, -0.25) is 4.72 Å². The van der Waals surface area contributed by atoms with Gasteiger partial charge in [-0.2, -0.15) is 5.10 Å². The van der Waals surface area contributed by atoms with Crippen molar-refractivity contribution in [3.63, 3.8) is 0 Å². The minimum atomic E-state index is -3.57. The van der Waals surface area contributed by atoms with Crippen molar-refractivity contribution >= 4 is 15.7 Å². The Morgan fingerprint density at radius 3 is 2.68 bits per heavy atom. The maximum Gasteiger partial charge on any atom is 0.237 e. The third kappa shape index (κ3) is 3.29. The van der Waals surface area contributed by atoms with E-state index in [0.29, 0.717) is 11.4 Å². The van der Waals surface area contributed by atoms with E-state index in [1.165, 1.54) is 17.2 Å². The van der Waals surface area contributed by atoms with Crippen LogP contribution in [0.3, 0.4) is 0 Å². The summed E-state index contributed by atoms with van der Waals surface area (Å²) >= 11 is 0. The van der Waals surface area contributed by atoms with Crippen molar-refractivity contribution in [2.45, 2.75) is 5.75 Å². The van der Waals surface area contributed by atoms with Crippen LogP contribution in [-0.4, -0.2) is 28.2 Å². The van der Waals surface area contributed by atoms with E-state index in [1.54, 1.807) is 42.7 Å². The zero-order valence-electron chi connectivity index (χ0n) is 11.5. The Hall–Kier alpha value is -2.74. The van der Waals surface area contributed by atoms with Crippen molar-refractivity contribution in [2.75, 3.05) is 4.72 Å². The van der Waals surface area contributed by atoms with Crippen molar-refractivity contribution in [1.29, 1.82) is 0 Å². The molecule has 0 radical (unpaired) electrons. The Labute approximate surface area is 127 Å². The molecule has 0 amide bonds. The first-order valence-corrected chi connectivity index (χ1v) is 8.14. The third-order valence-electron chi connectivity index (χ3n) is 2.88. The van der Waals surface area contributed by atoms with Gasteiger partial charge < -0.3 is 0 Å². The van der Waals surface area contributed by atoms with E-state index in [9.17, 15) is 8.42 Å². The Balaban J connectivity index is 1.87. The number of rotatable bonds is 5. The van der Waals surface area contributed by atoms with Gasteiger partial charge in [-0.05, 0) is 11.6 Å². The SMILES string of the molecule is O=S(=O)(Cc1ccccc1)Nc1cncnc1-n1cccn1. The fourth-order valence-corrected chi connectivity index (χ4v) is 3.15. The van der Waals surface area contributed by atoms with Crippen LogP contribution in [0.5, 0.6) is 0 Å². The summed E-state index contributed by atoms with van der Waals surface area (Å²) in [4.78, 5) is 7.94. The van der Waals surface area contributed by atoms with Crippen LogP contribution in [0.1, 0.15) is 5.56 Å². The van der Waals surface area contributed by atoms with Gasteiger partial charge in [0.05, 0.1) is 11.9 Å². The van der Waals surface area contributed by atoms with Gasteiger partial charge in [0.25, 0.3) is 0 Å². The topological polar surface area (TPSA) is 89.8 Å². The van der Waals surface area contributed by atoms with Crippen molar-refractivity contribution in [3.8, 4) is 5.82 Å². The summed E-state index contributed by atoms with van der Waals surface area (Å²) < 4.78 is 28.6. The molecular weight excluding hydrogens is 302 g/mol. The highest BCUT2D eigenvalue weighted by Gasteiger charge is 2.15. The summed E-state index contributed by atoms with van der Waals surface area (Å²) in [5.74, 6) is 0.248. The number of aromatic nitrogens is 4. The summed E-state index contributed by atoms with van der Waals surface area (Å²) in [5.41, 5.74) is 0.981. The van der Waals surface area contributed by atoms with Gasteiger partial charge in [-0.25, -0.2) is 23.1 Å². The Morgan fingerprint density at radius 2 is 1.95 bits per heavy atom. The Bertz CT molecular complexity index is 848. The lowest BCUT2D eigenvalue weighted by Gasteiger charge is -2.11. The number of benzene rings is 1. The average Bonchev–Trinajstić information content (AvgIpc) is 3.02. The first-order chi connectivity index (χ1) is 10.6. The molecule has 0 spiro atoms. The predicted octanol–water partition coefficient (Wildman–Crippen LogP) is 1.60. The summed E-state index contributed by atoms with van der Waals surface area (Å²) in [7, 11) is -3.57. The van der Waals surface area contributed by atoms with E-state index >= 15 is 0 Å². The molecule has 0 saturated heterocycles. The van der Waals surface area contributed by atoms with Crippen LogP contribution in [0, 0.1) is 0 Å². The highest BCUT2D eigenvalue weighted by atomic mass is 32.2. The molecule has 1 N–H and O–H groups in total. The molecule has 8 heteroatoms. The fourth-order valence-electron chi connectivity index (χ4n) is 1.97. The average molecular weight is 315 g/mol. The molecule has 0 bridgehead atoms. The molecule has 0 unspecified atom stereocenters. The summed E-state index contributed by atoms with van der Waals surface area (Å²) in [5, 5.41) is 4.05. The second-order valence-corrected chi connectivity index (χ2v) is 6.28. The summed E-state index contributed by atoms with van der Waals surface area (Å²) in [6.45, 7) is 0. The van der Waals surface area contributed by atoms with Crippen molar-refractivity contribution < 1.29 is 8.42 Å². The van der Waals surface area contributed by atoms with Gasteiger partial charge in [-0.15, -0.1) is 0 Å². The van der Waals surface area contributed by atoms with Gasteiger partial charge in [0.1, 0.15) is 12.0 Å².